The third-order valence-electron chi connectivity index (χ3n) is 19.3. The number of carbonyl (C=O) groups excluding carboxylic acids is 11. The number of hydrogen-bond donors (Lipinski definition) is 18. The quantitative estimate of drug-likeness (QED) is 0.0265. The van der Waals surface area contributed by atoms with Crippen molar-refractivity contribution in [2.75, 3.05) is 56.7 Å². The van der Waals surface area contributed by atoms with Crippen LogP contribution in [0, 0.1) is 23.7 Å². The Kier molecular flexibility index (Phi) is 39.8. The summed E-state index contributed by atoms with van der Waals surface area (Å²) in [6.07, 6.45) is -5.10. The third-order valence-corrected chi connectivity index (χ3v) is 20.6. The van der Waals surface area contributed by atoms with Gasteiger partial charge in [-0.3, -0.25) is 58.1 Å². The number of hydrogen-bond acceptors (Lipinski definition) is 23. The summed E-state index contributed by atoms with van der Waals surface area (Å²) >= 11 is 2.80. The Morgan fingerprint density at radius 2 is 1.30 bits per heavy atom. The van der Waals surface area contributed by atoms with Crippen molar-refractivity contribution in [2.45, 2.75) is 254 Å². The van der Waals surface area contributed by atoms with E-state index in [4.69, 9.17) is 5.73 Å². The molecule has 0 saturated carbocycles. The fraction of sp³-hybridized carbons (Fsp3) is 0.757. The predicted octanol–water partition coefficient (Wildman–Crippen LogP) is -1.43. The van der Waals surface area contributed by atoms with E-state index in [0.717, 1.165) is 67.4 Å². The number of phenols is 1. The molecule has 3 heterocycles. The Bertz CT molecular complexity index is 2870. The number of aliphatic hydroxyl groups excluding tert-OH is 7. The van der Waals surface area contributed by atoms with Crippen LogP contribution in [0.15, 0.2) is 24.3 Å². The van der Waals surface area contributed by atoms with Crippen molar-refractivity contribution in [3.8, 4) is 5.75 Å². The van der Waals surface area contributed by atoms with Gasteiger partial charge in [0.15, 0.2) is 5.78 Å². The second-order valence-electron chi connectivity index (χ2n) is 28.2. The normalized spacial score (nSPS) is 25.2. The number of benzene rings is 1. The summed E-state index contributed by atoms with van der Waals surface area (Å²) < 4.78 is 0. The molecule has 3 aliphatic rings. The molecule has 1 aromatic carbocycles. The average molecular weight is 1500 g/mol. The number of rotatable bonds is 39. The molecule has 1 aromatic rings. The predicted molar refractivity (Wildman–Crippen MR) is 388 cm³/mol. The Morgan fingerprint density at radius 3 is 1.92 bits per heavy atom. The zero-order chi connectivity index (χ0) is 76.6. The highest BCUT2D eigenvalue weighted by Crippen LogP contribution is 2.31. The zero-order valence-electron chi connectivity index (χ0n) is 61.0. The number of unbranched alkanes of at least 4 members (excludes halogenated alkanes) is 5. The molecule has 3 saturated heterocycles. The Balaban J connectivity index is 1.79. The van der Waals surface area contributed by atoms with Crippen molar-refractivity contribution in [1.82, 2.24) is 57.7 Å². The number of nitrogens with two attached hydrogens (primary N) is 1. The van der Waals surface area contributed by atoms with Crippen LogP contribution in [-0.2, 0) is 52.7 Å². The summed E-state index contributed by atoms with van der Waals surface area (Å²) in [6.45, 7) is 9.81. The van der Waals surface area contributed by atoms with E-state index in [9.17, 15) is 84.0 Å². The van der Waals surface area contributed by atoms with E-state index in [1.165, 1.54) is 42.1 Å². The molecule has 103 heavy (non-hydrogen) atoms. The van der Waals surface area contributed by atoms with Crippen LogP contribution in [0.5, 0.6) is 5.75 Å². The van der Waals surface area contributed by atoms with E-state index >= 15 is 9.59 Å². The second kappa shape index (κ2) is 46.0. The molecule has 0 aliphatic carbocycles. The number of fused-ring (bicyclic) bond motifs is 2. The fourth-order valence-electron chi connectivity index (χ4n) is 13.2. The summed E-state index contributed by atoms with van der Waals surface area (Å²) in [5, 5.41) is 116. The first-order chi connectivity index (χ1) is 48.9. The van der Waals surface area contributed by atoms with Gasteiger partial charge in [-0.05, 0) is 111 Å². The number of thioether (sulfide) groups is 2. The van der Waals surface area contributed by atoms with Crippen molar-refractivity contribution in [2.24, 2.45) is 29.4 Å². The number of phenolic OH excluding ortho intramolecular Hbond substituents is 1. The molecule has 584 valence electrons. The van der Waals surface area contributed by atoms with Crippen molar-refractivity contribution in [1.29, 1.82) is 0 Å². The first-order valence-electron chi connectivity index (χ1n) is 36.3. The van der Waals surface area contributed by atoms with Crippen LogP contribution in [0.4, 0.5) is 0 Å². The molecule has 31 nitrogen and oxygen atoms in total. The van der Waals surface area contributed by atoms with Gasteiger partial charge < -0.3 is 98.9 Å². The van der Waals surface area contributed by atoms with Crippen molar-refractivity contribution >= 4 is 88.9 Å². The number of amides is 10. The topological polar surface area (TPSA) is 490 Å². The van der Waals surface area contributed by atoms with Gasteiger partial charge in [0, 0.05) is 58.4 Å². The lowest BCUT2D eigenvalue weighted by Crippen LogP contribution is -2.63. The lowest BCUT2D eigenvalue weighted by molar-refractivity contribution is -0.149. The highest BCUT2D eigenvalue weighted by Gasteiger charge is 2.49. The Hall–Kier alpha value is -6.27. The minimum atomic E-state index is -2.30. The molecule has 0 aromatic heterocycles. The number of aliphatic hydroxyl groups is 7. The molecular weight excluding hydrogens is 1380 g/mol. The number of nitrogens with one attached hydrogen (secondary N) is 9. The summed E-state index contributed by atoms with van der Waals surface area (Å²) in [7, 11) is 0. The maximum absolute atomic E-state index is 15.4. The maximum Gasteiger partial charge on any atom is 0.248 e. The van der Waals surface area contributed by atoms with E-state index in [1.807, 2.05) is 20.1 Å². The SMILES string of the molecule is CC[C@H](C)C[C@H](C)CCCCCCCCC(=O)N[C@H]1C[C@@H](O)[C@@H](NCCN)NC(=O)[C@@H]2[C@@H](O)CCN2C(=O)[C@H]([C@H](O)CCNC(=O)[C@H](CCSC)NC(=O)[C@H](CC(C)C)NC(=O)[C@H](CCSC)NC=O)NC(=O)[C@H]([C@H](O)[C@@H](O)c2ccc(O)cc2)CC(=O)[C@@H]2C[C@@H](O)CN2C(=O)[C@H]([C@@H](C)O)NC1=O. The van der Waals surface area contributed by atoms with Gasteiger partial charge >= 0.3 is 0 Å². The molecule has 0 unspecified atom stereocenters. The highest BCUT2D eigenvalue weighted by atomic mass is 32.2. The third kappa shape index (κ3) is 28.9. The second-order valence-corrected chi connectivity index (χ2v) is 30.2. The zero-order valence-corrected chi connectivity index (χ0v) is 62.6. The van der Waals surface area contributed by atoms with Crippen LogP contribution in [0.2, 0.25) is 0 Å². The minimum absolute atomic E-state index is 0.0560. The van der Waals surface area contributed by atoms with Crippen molar-refractivity contribution in [3.63, 3.8) is 0 Å². The fourth-order valence-corrected chi connectivity index (χ4v) is 14.1. The summed E-state index contributed by atoms with van der Waals surface area (Å²) in [5.74, 6) is -10.2. The average Bonchev–Trinajstić information content (AvgIpc) is 1.72. The molecule has 10 amide bonds. The van der Waals surface area contributed by atoms with E-state index < -0.39 is 207 Å². The van der Waals surface area contributed by atoms with Crippen LogP contribution >= 0.6 is 23.5 Å². The largest absolute Gasteiger partial charge is 0.508 e. The molecule has 0 radical (unpaired) electrons. The minimum Gasteiger partial charge on any atom is -0.508 e. The van der Waals surface area contributed by atoms with Gasteiger partial charge in [-0.25, -0.2) is 0 Å². The summed E-state index contributed by atoms with van der Waals surface area (Å²) in [5.41, 5.74) is 5.79. The number of carbonyl (C=O) groups is 11. The number of aromatic hydroxyl groups is 1. The molecule has 19 atom stereocenters. The van der Waals surface area contributed by atoms with Gasteiger partial charge in [0.05, 0.1) is 48.6 Å². The molecule has 3 fully saturated rings. The van der Waals surface area contributed by atoms with Crippen LogP contribution in [0.3, 0.4) is 0 Å². The Morgan fingerprint density at radius 1 is 0.689 bits per heavy atom. The van der Waals surface area contributed by atoms with E-state index in [2.05, 4.69) is 68.6 Å². The van der Waals surface area contributed by atoms with Crippen LogP contribution < -0.4 is 53.6 Å². The van der Waals surface area contributed by atoms with Crippen molar-refractivity contribution in [3.05, 3.63) is 29.8 Å². The van der Waals surface area contributed by atoms with E-state index in [0.29, 0.717) is 42.6 Å². The molecule has 4 rings (SSSR count). The molecule has 3 aliphatic heterocycles. The molecule has 0 spiro atoms. The summed E-state index contributed by atoms with van der Waals surface area (Å²) in [4.78, 5) is 158. The lowest BCUT2D eigenvalue weighted by atomic mass is 9.86. The molecule has 19 N–H and O–H groups in total. The lowest BCUT2D eigenvalue weighted by Gasteiger charge is -2.35. The van der Waals surface area contributed by atoms with Crippen LogP contribution in [-0.4, -0.2) is 264 Å². The Labute approximate surface area is 613 Å². The smallest absolute Gasteiger partial charge is 0.248 e. The first-order valence-corrected chi connectivity index (χ1v) is 39.1. The highest BCUT2D eigenvalue weighted by molar-refractivity contribution is 7.98. The molecule has 33 heteroatoms. The standard InChI is InChI=1S/C70H118N12O19S2/c1-9-40(4)33-41(5)16-14-12-10-11-13-15-17-56(91)75-50-36-55(90)62(72-28-26-71)80-68(99)59-53(88)23-29-81(59)70(101)58(52(87)22-27-73-64(95)48(25-31-103-8)76-66(97)49(32-39(2)3)77-65(96)47(74-38-83)24-30-102-7)79-63(94)46(61(93)60(92)43-18-20-44(85)21-19-43)35-54(89)51-34-45(86)37-82(51)69(100)57(42(6)84)78-67(50)98/h18-21,38-42,45-53,55,57-62,72,84-88,90,92-93H,9-17,22-37,71H2,1-8H3,(H,73,95)(H,74,83)(H,75,91)(H,76,97)(H,77,96)(H,78,98)(H,79,94)(H,80,99)/t40-,41+,42+,45+,46-,47-,48-,49-,50-,51-,52+,53-,55+,57-,58-,59-,60-,61-,62-/m0/s1. The van der Waals surface area contributed by atoms with E-state index in [-0.39, 0.29) is 62.4 Å². The van der Waals surface area contributed by atoms with Gasteiger partial charge in [-0.2, -0.15) is 23.5 Å². The maximum atomic E-state index is 15.4. The molecular formula is C70H118N12O19S2. The van der Waals surface area contributed by atoms with E-state index in [1.54, 1.807) is 6.26 Å². The van der Waals surface area contributed by atoms with Gasteiger partial charge in [0.2, 0.25) is 59.6 Å². The van der Waals surface area contributed by atoms with Gasteiger partial charge in [0.1, 0.15) is 60.3 Å². The van der Waals surface area contributed by atoms with Crippen LogP contribution in [0.25, 0.3) is 0 Å². The van der Waals surface area contributed by atoms with Gasteiger partial charge in [-0.1, -0.05) is 91.7 Å². The van der Waals surface area contributed by atoms with Crippen LogP contribution in [0.1, 0.15) is 169 Å². The summed E-state index contributed by atoms with van der Waals surface area (Å²) in [6, 6.07) is -8.03. The van der Waals surface area contributed by atoms with Gasteiger partial charge in [0.25, 0.3) is 0 Å². The molecule has 0 bridgehead atoms. The first kappa shape index (κ1) is 89.1. The van der Waals surface area contributed by atoms with Crippen molar-refractivity contribution < 1.29 is 93.6 Å². The monoisotopic (exact) mass is 1490 g/mol. The number of Topliss-reactive ketones (excluding diaryl/α,β-unsaturated/α-hetero) is 1. The number of nitrogens with zero attached hydrogens (tertiary/aromatic N) is 2. The number of ketones is 1. The van der Waals surface area contributed by atoms with Gasteiger partial charge in [-0.15, -0.1) is 0 Å².